The standard InChI is InChI=1S/C18H22N6O/c25-18(15-10-14(19-20-15)12-6-7-12)23-8-9-24-16(11-23)21-22-17(24)13-4-2-1-3-5-13/h1-5,12,14-15,19-20H,6-11H2. The maximum Gasteiger partial charge on any atom is 0.241 e. The van der Waals surface area contributed by atoms with Gasteiger partial charge in [-0.3, -0.25) is 10.2 Å². The Hall–Kier alpha value is -2.25. The van der Waals surface area contributed by atoms with E-state index < -0.39 is 0 Å². The van der Waals surface area contributed by atoms with Crippen LogP contribution < -0.4 is 10.9 Å². The highest BCUT2D eigenvalue weighted by atomic mass is 16.2. The first-order valence-corrected chi connectivity index (χ1v) is 9.07. The van der Waals surface area contributed by atoms with E-state index in [2.05, 4.69) is 25.6 Å². The average molecular weight is 338 g/mol. The van der Waals surface area contributed by atoms with Crippen molar-refractivity contribution in [2.45, 2.75) is 44.4 Å². The zero-order valence-electron chi connectivity index (χ0n) is 14.1. The number of benzene rings is 1. The Morgan fingerprint density at radius 3 is 2.72 bits per heavy atom. The number of hydrogen-bond acceptors (Lipinski definition) is 5. The quantitative estimate of drug-likeness (QED) is 0.871. The van der Waals surface area contributed by atoms with Gasteiger partial charge in [0.05, 0.1) is 6.54 Å². The lowest BCUT2D eigenvalue weighted by atomic mass is 10.1. The van der Waals surface area contributed by atoms with Crippen LogP contribution in [0, 0.1) is 5.92 Å². The normalized spacial score (nSPS) is 25.8. The van der Waals surface area contributed by atoms with Crippen molar-refractivity contribution in [3.05, 3.63) is 36.2 Å². The van der Waals surface area contributed by atoms with Gasteiger partial charge in [0.25, 0.3) is 0 Å². The summed E-state index contributed by atoms with van der Waals surface area (Å²) in [5.41, 5.74) is 7.56. The Morgan fingerprint density at radius 1 is 1.08 bits per heavy atom. The largest absolute Gasteiger partial charge is 0.332 e. The topological polar surface area (TPSA) is 75.1 Å². The van der Waals surface area contributed by atoms with Crippen LogP contribution in [0.3, 0.4) is 0 Å². The second-order valence-corrected chi connectivity index (χ2v) is 7.24. The highest BCUT2D eigenvalue weighted by Gasteiger charge is 2.40. The van der Waals surface area contributed by atoms with Crippen LogP contribution in [0.25, 0.3) is 11.4 Å². The Labute approximate surface area is 146 Å². The van der Waals surface area contributed by atoms with Crippen molar-refractivity contribution in [2.75, 3.05) is 6.54 Å². The van der Waals surface area contributed by atoms with E-state index in [1.165, 1.54) is 12.8 Å². The summed E-state index contributed by atoms with van der Waals surface area (Å²) in [5, 5.41) is 8.68. The summed E-state index contributed by atoms with van der Waals surface area (Å²) in [7, 11) is 0. The molecule has 2 N–H and O–H groups in total. The molecule has 2 atom stereocenters. The molecule has 7 nitrogen and oxygen atoms in total. The minimum absolute atomic E-state index is 0.117. The van der Waals surface area contributed by atoms with Crippen LogP contribution in [0.2, 0.25) is 0 Å². The van der Waals surface area contributed by atoms with Gasteiger partial charge in [-0.05, 0) is 25.2 Å². The zero-order chi connectivity index (χ0) is 16.8. The number of fused-ring (bicyclic) bond motifs is 1. The van der Waals surface area contributed by atoms with Crippen molar-refractivity contribution in [1.29, 1.82) is 0 Å². The molecular weight excluding hydrogens is 316 g/mol. The smallest absolute Gasteiger partial charge is 0.241 e. The maximum atomic E-state index is 12.8. The fourth-order valence-corrected chi connectivity index (χ4v) is 3.92. The predicted octanol–water partition coefficient (Wildman–Crippen LogP) is 0.932. The van der Waals surface area contributed by atoms with Crippen LogP contribution in [-0.4, -0.2) is 44.2 Å². The summed E-state index contributed by atoms with van der Waals surface area (Å²) in [4.78, 5) is 14.8. The minimum Gasteiger partial charge on any atom is -0.332 e. The lowest BCUT2D eigenvalue weighted by Gasteiger charge is -2.29. The molecule has 1 saturated carbocycles. The number of amides is 1. The summed E-state index contributed by atoms with van der Waals surface area (Å²) in [6.45, 7) is 1.98. The lowest BCUT2D eigenvalue weighted by Crippen LogP contribution is -2.48. The third-order valence-corrected chi connectivity index (χ3v) is 5.52. The summed E-state index contributed by atoms with van der Waals surface area (Å²) < 4.78 is 2.13. The van der Waals surface area contributed by atoms with Gasteiger partial charge in [0.2, 0.25) is 5.91 Å². The molecule has 1 aliphatic carbocycles. The number of hydrazine groups is 1. The molecular formula is C18H22N6O. The van der Waals surface area contributed by atoms with Gasteiger partial charge in [-0.25, -0.2) is 5.43 Å². The highest BCUT2D eigenvalue weighted by Crippen LogP contribution is 2.36. The highest BCUT2D eigenvalue weighted by molar-refractivity contribution is 5.82. The van der Waals surface area contributed by atoms with Crippen LogP contribution in [0.5, 0.6) is 0 Å². The molecule has 1 saturated heterocycles. The molecule has 0 spiro atoms. The van der Waals surface area contributed by atoms with Gasteiger partial charge in [0.15, 0.2) is 11.6 Å². The molecule has 1 aromatic heterocycles. The molecule has 7 heteroatoms. The van der Waals surface area contributed by atoms with Crippen molar-refractivity contribution in [2.24, 2.45) is 5.92 Å². The Balaban J connectivity index is 1.30. The van der Waals surface area contributed by atoms with Gasteiger partial charge in [-0.1, -0.05) is 30.3 Å². The van der Waals surface area contributed by atoms with Crippen molar-refractivity contribution >= 4 is 5.91 Å². The van der Waals surface area contributed by atoms with Crippen LogP contribution in [-0.2, 0) is 17.9 Å². The molecule has 5 rings (SSSR count). The second-order valence-electron chi connectivity index (χ2n) is 7.24. The van der Waals surface area contributed by atoms with Gasteiger partial charge in [0, 0.05) is 24.7 Å². The van der Waals surface area contributed by atoms with E-state index >= 15 is 0 Å². The van der Waals surface area contributed by atoms with Gasteiger partial charge in [-0.2, -0.15) is 0 Å². The number of nitrogens with zero attached hydrogens (tertiary/aromatic N) is 4. The van der Waals surface area contributed by atoms with E-state index in [9.17, 15) is 4.79 Å². The number of carbonyl (C=O) groups excluding carboxylic acids is 1. The molecule has 1 aromatic carbocycles. The average Bonchev–Trinajstić information content (AvgIpc) is 3.24. The summed E-state index contributed by atoms with van der Waals surface area (Å²) in [6.07, 6.45) is 3.46. The second kappa shape index (κ2) is 5.93. The molecule has 2 fully saturated rings. The maximum absolute atomic E-state index is 12.8. The van der Waals surface area contributed by atoms with Crippen LogP contribution in [0.4, 0.5) is 0 Å². The van der Waals surface area contributed by atoms with E-state index in [-0.39, 0.29) is 11.9 Å². The fourth-order valence-electron chi connectivity index (χ4n) is 3.92. The molecule has 0 bridgehead atoms. The van der Waals surface area contributed by atoms with E-state index in [1.54, 1.807) is 0 Å². The number of rotatable bonds is 3. The molecule has 1 amide bonds. The van der Waals surface area contributed by atoms with Crippen molar-refractivity contribution < 1.29 is 4.79 Å². The molecule has 2 aliphatic heterocycles. The Kier molecular flexibility index (Phi) is 3.57. The minimum atomic E-state index is -0.117. The monoisotopic (exact) mass is 338 g/mol. The van der Waals surface area contributed by atoms with Gasteiger partial charge in [-0.15, -0.1) is 10.2 Å². The van der Waals surface area contributed by atoms with Crippen LogP contribution >= 0.6 is 0 Å². The van der Waals surface area contributed by atoms with Crippen molar-refractivity contribution in [3.8, 4) is 11.4 Å². The molecule has 2 aromatic rings. The lowest BCUT2D eigenvalue weighted by molar-refractivity contribution is -0.134. The molecule has 2 unspecified atom stereocenters. The summed E-state index contributed by atoms with van der Waals surface area (Å²) in [5.74, 6) is 2.68. The van der Waals surface area contributed by atoms with Gasteiger partial charge < -0.3 is 9.47 Å². The molecule has 25 heavy (non-hydrogen) atoms. The first-order valence-electron chi connectivity index (χ1n) is 9.07. The Bertz CT molecular complexity index is 784. The number of nitrogens with one attached hydrogen (secondary N) is 2. The summed E-state index contributed by atoms with van der Waals surface area (Å²) >= 11 is 0. The van der Waals surface area contributed by atoms with E-state index in [0.29, 0.717) is 19.1 Å². The first kappa shape index (κ1) is 15.0. The molecule has 3 heterocycles. The van der Waals surface area contributed by atoms with E-state index in [0.717, 1.165) is 36.1 Å². The van der Waals surface area contributed by atoms with Crippen molar-refractivity contribution in [1.82, 2.24) is 30.5 Å². The third-order valence-electron chi connectivity index (χ3n) is 5.52. The first-order chi connectivity index (χ1) is 12.3. The van der Waals surface area contributed by atoms with Crippen molar-refractivity contribution in [3.63, 3.8) is 0 Å². The zero-order valence-corrected chi connectivity index (χ0v) is 14.1. The summed E-state index contributed by atoms with van der Waals surface area (Å²) in [6, 6.07) is 10.4. The van der Waals surface area contributed by atoms with Crippen LogP contribution in [0.15, 0.2) is 30.3 Å². The predicted molar refractivity (Wildman–Crippen MR) is 92.1 cm³/mol. The van der Waals surface area contributed by atoms with Gasteiger partial charge in [0.1, 0.15) is 6.04 Å². The Morgan fingerprint density at radius 2 is 1.92 bits per heavy atom. The number of carbonyl (C=O) groups is 1. The number of aromatic nitrogens is 3. The van der Waals surface area contributed by atoms with E-state index in [4.69, 9.17) is 0 Å². The molecule has 130 valence electrons. The molecule has 3 aliphatic rings. The van der Waals surface area contributed by atoms with E-state index in [1.807, 2.05) is 35.2 Å². The van der Waals surface area contributed by atoms with Gasteiger partial charge >= 0.3 is 0 Å². The third kappa shape index (κ3) is 2.73. The van der Waals surface area contributed by atoms with Crippen LogP contribution in [0.1, 0.15) is 25.1 Å². The fraction of sp³-hybridized carbons (Fsp3) is 0.500. The SMILES string of the molecule is O=C(C1CC(C2CC2)NN1)N1CCn2c(nnc2-c2ccccc2)C1. The molecule has 0 radical (unpaired) electrons. The number of hydrogen-bond donors (Lipinski definition) is 2.